The number of ether oxygens (including phenoxy) is 1. The van der Waals surface area contributed by atoms with E-state index in [0.29, 0.717) is 42.1 Å². The lowest BCUT2D eigenvalue weighted by Gasteiger charge is -2.40. The van der Waals surface area contributed by atoms with Gasteiger partial charge in [0.05, 0.1) is 24.0 Å². The fraction of sp³-hybridized carbons (Fsp3) is 0.514. The average Bonchev–Trinajstić information content (AvgIpc) is 3.69. The lowest BCUT2D eigenvalue weighted by atomic mass is 10.0. The van der Waals surface area contributed by atoms with Gasteiger partial charge in [0.2, 0.25) is 0 Å². The van der Waals surface area contributed by atoms with Crippen LogP contribution in [0.5, 0.6) is 0 Å². The van der Waals surface area contributed by atoms with Gasteiger partial charge in [0.25, 0.3) is 5.69 Å². The van der Waals surface area contributed by atoms with Crippen LogP contribution in [-0.4, -0.2) is 59.9 Å². The molecule has 0 spiro atoms. The van der Waals surface area contributed by atoms with Crippen molar-refractivity contribution in [3.05, 3.63) is 70.3 Å². The molecule has 256 valence electrons. The van der Waals surface area contributed by atoms with Crippen LogP contribution >= 0.6 is 0 Å². The van der Waals surface area contributed by atoms with Crippen molar-refractivity contribution in [2.24, 2.45) is 0 Å². The van der Waals surface area contributed by atoms with Crippen LogP contribution in [0.25, 0.3) is 22.3 Å². The molecule has 3 heterocycles. The molecule has 0 bridgehead atoms. The molecule has 2 aromatic heterocycles. The third kappa shape index (κ3) is 6.34. The Morgan fingerprint density at radius 2 is 1.69 bits per heavy atom. The number of aromatic nitrogens is 4. The van der Waals surface area contributed by atoms with Crippen molar-refractivity contribution < 1.29 is 18.5 Å². The second-order valence-electron chi connectivity index (χ2n) is 16.1. The van der Waals surface area contributed by atoms with Crippen LogP contribution in [0.3, 0.4) is 0 Å². The van der Waals surface area contributed by atoms with E-state index in [9.17, 15) is 10.1 Å². The van der Waals surface area contributed by atoms with Crippen LogP contribution in [0.15, 0.2) is 49.1 Å². The number of benzene rings is 2. The summed E-state index contributed by atoms with van der Waals surface area (Å²) in [7, 11) is -4.16. The summed E-state index contributed by atoms with van der Waals surface area (Å²) >= 11 is 0. The van der Waals surface area contributed by atoms with Crippen molar-refractivity contribution in [3.63, 3.8) is 0 Å². The van der Waals surface area contributed by atoms with E-state index >= 15 is 0 Å². The summed E-state index contributed by atoms with van der Waals surface area (Å²) in [5, 5.41) is 15.5. The van der Waals surface area contributed by atoms with Crippen LogP contribution < -0.4 is 5.32 Å². The Morgan fingerprint density at radius 1 is 0.979 bits per heavy atom. The normalized spacial score (nSPS) is 19.8. The Hall–Kier alpha value is -3.50. The molecule has 1 fully saturated rings. The number of imidazole rings is 1. The number of anilines is 2. The Labute approximate surface area is 284 Å². The molecule has 4 aromatic rings. The van der Waals surface area contributed by atoms with E-state index in [1.807, 2.05) is 22.8 Å². The topological polar surface area (TPSA) is 126 Å². The fourth-order valence-electron chi connectivity index (χ4n) is 5.91. The number of nitro benzene ring substituents is 1. The first-order valence-corrected chi connectivity index (χ1v) is 22.5. The third-order valence-electron chi connectivity index (χ3n) is 10.9. The number of nitrogens with one attached hydrogen (secondary N) is 1. The number of nitro groups is 1. The number of nitrogens with zero attached hydrogens (tertiary/aromatic N) is 5. The first-order chi connectivity index (χ1) is 22.4. The molecule has 1 aliphatic heterocycles. The van der Waals surface area contributed by atoms with Gasteiger partial charge in [0, 0.05) is 12.5 Å². The van der Waals surface area contributed by atoms with Crippen molar-refractivity contribution in [3.8, 4) is 11.1 Å². The highest BCUT2D eigenvalue weighted by molar-refractivity contribution is 6.74. The van der Waals surface area contributed by atoms with Gasteiger partial charge in [-0.25, -0.2) is 15.0 Å². The van der Waals surface area contributed by atoms with E-state index in [4.69, 9.17) is 18.6 Å². The molecule has 48 heavy (non-hydrogen) atoms. The summed E-state index contributed by atoms with van der Waals surface area (Å²) in [6, 6.07) is 11.6. The Balaban J connectivity index is 1.31. The summed E-state index contributed by atoms with van der Waals surface area (Å²) in [5.74, 6) is 0.387. The zero-order chi connectivity index (χ0) is 34.8. The smallest absolute Gasteiger partial charge is 0.293 e. The average molecular weight is 689 g/mol. The van der Waals surface area contributed by atoms with Crippen LogP contribution in [-0.2, 0) is 20.0 Å². The van der Waals surface area contributed by atoms with Crippen LogP contribution in [0, 0.1) is 10.1 Å². The number of rotatable bonds is 9. The Morgan fingerprint density at radius 3 is 2.38 bits per heavy atom. The molecule has 3 atom stereocenters. The second kappa shape index (κ2) is 12.1. The quantitative estimate of drug-likeness (QED) is 0.0919. The molecule has 0 unspecified atom stereocenters. The molecule has 0 amide bonds. The number of hydrogen-bond donors (Lipinski definition) is 1. The number of fused-ring (bicyclic) bond motifs is 4. The van der Waals surface area contributed by atoms with Gasteiger partial charge >= 0.3 is 0 Å². The number of hydrogen-bond acceptors (Lipinski definition) is 9. The molecule has 13 heteroatoms. The molecule has 11 nitrogen and oxygen atoms in total. The van der Waals surface area contributed by atoms with Gasteiger partial charge in [-0.05, 0) is 71.0 Å². The zero-order valence-corrected chi connectivity index (χ0v) is 31.7. The standard InChI is InChI=1S/C35H48N6O5Si2/c1-34(2,3)47(7,8)44-19-29-28(46-48(9,10)35(4,5)6)18-30(45-29)40-21-38-31-32(36-20-37-33(31)40)39-26-17-25-23(16-27(26)41(42)43)15-22-13-11-12-14-24(22)25/h11-14,16-17,20-21,28-30H,15,18-19H2,1-10H3,(H,36,37,39)/t28-,29+,30+/m0/s1. The van der Waals surface area contributed by atoms with Crippen LogP contribution in [0.2, 0.25) is 36.3 Å². The van der Waals surface area contributed by atoms with Gasteiger partial charge < -0.3 is 18.9 Å². The highest BCUT2D eigenvalue weighted by Gasteiger charge is 2.47. The summed E-state index contributed by atoms with van der Waals surface area (Å²) in [4.78, 5) is 25.6. The summed E-state index contributed by atoms with van der Waals surface area (Å²) in [5.41, 5.74) is 5.57. The van der Waals surface area contributed by atoms with Gasteiger partial charge in [-0.3, -0.25) is 14.7 Å². The molecule has 1 N–H and O–H groups in total. The monoisotopic (exact) mass is 688 g/mol. The summed E-state index contributed by atoms with van der Waals surface area (Å²) in [6.07, 6.45) is 3.65. The Bertz CT molecular complexity index is 1860. The van der Waals surface area contributed by atoms with Gasteiger partial charge in [0.15, 0.2) is 33.6 Å². The summed E-state index contributed by atoms with van der Waals surface area (Å²) < 4.78 is 22.3. The van der Waals surface area contributed by atoms with E-state index in [1.165, 1.54) is 6.33 Å². The van der Waals surface area contributed by atoms with Crippen molar-refractivity contribution in [1.29, 1.82) is 0 Å². The minimum absolute atomic E-state index is 0.0120. The third-order valence-corrected chi connectivity index (χ3v) is 19.9. The molecule has 2 aromatic carbocycles. The maximum absolute atomic E-state index is 12.2. The van der Waals surface area contributed by atoms with Crippen molar-refractivity contribution >= 4 is 45.0 Å². The van der Waals surface area contributed by atoms with Crippen molar-refractivity contribution in [2.45, 2.75) is 109 Å². The van der Waals surface area contributed by atoms with E-state index in [-0.39, 0.29) is 39.1 Å². The molecule has 6 rings (SSSR count). The first-order valence-electron chi connectivity index (χ1n) is 16.7. The molecular formula is C35H48N6O5Si2. The van der Waals surface area contributed by atoms with Crippen LogP contribution in [0.1, 0.15) is 65.3 Å². The lowest BCUT2D eigenvalue weighted by Crippen LogP contribution is -2.48. The predicted octanol–water partition coefficient (Wildman–Crippen LogP) is 8.75. The molecule has 2 aliphatic rings. The first kappa shape index (κ1) is 34.4. The molecule has 1 aliphatic carbocycles. The van der Waals surface area contributed by atoms with Gasteiger partial charge in [-0.1, -0.05) is 65.8 Å². The maximum atomic E-state index is 12.2. The second-order valence-corrected chi connectivity index (χ2v) is 25.7. The van der Waals surface area contributed by atoms with E-state index in [2.05, 4.69) is 95.1 Å². The minimum Gasteiger partial charge on any atom is -0.414 e. The van der Waals surface area contributed by atoms with E-state index in [1.54, 1.807) is 12.4 Å². The van der Waals surface area contributed by atoms with Gasteiger partial charge in [-0.2, -0.15) is 0 Å². The zero-order valence-electron chi connectivity index (χ0n) is 29.7. The molecular weight excluding hydrogens is 641 g/mol. The van der Waals surface area contributed by atoms with E-state index < -0.39 is 16.6 Å². The lowest BCUT2D eigenvalue weighted by molar-refractivity contribution is -0.384. The molecule has 0 saturated carbocycles. The van der Waals surface area contributed by atoms with Gasteiger partial charge in [-0.15, -0.1) is 0 Å². The van der Waals surface area contributed by atoms with Crippen molar-refractivity contribution in [1.82, 2.24) is 19.5 Å². The summed E-state index contributed by atoms with van der Waals surface area (Å²) in [6.45, 7) is 22.9. The predicted molar refractivity (Wildman–Crippen MR) is 194 cm³/mol. The highest BCUT2D eigenvalue weighted by atomic mass is 28.4. The molecule has 0 radical (unpaired) electrons. The van der Waals surface area contributed by atoms with Gasteiger partial charge in [0.1, 0.15) is 24.3 Å². The highest BCUT2D eigenvalue weighted by Crippen LogP contribution is 2.45. The molecule has 1 saturated heterocycles. The Kier molecular flexibility index (Phi) is 8.68. The van der Waals surface area contributed by atoms with Crippen molar-refractivity contribution in [2.75, 3.05) is 11.9 Å². The fourth-order valence-corrected chi connectivity index (χ4v) is 8.28. The SMILES string of the molecule is CC(C)(C)[Si](C)(C)OC[C@H]1O[C@@H](n2cnc3c(Nc4cc5c(cc4[N+](=O)[O-])Cc4ccccc4-5)ncnc32)C[C@@H]1O[Si](C)(C)C(C)(C)C. The minimum atomic E-state index is -2.13. The largest absolute Gasteiger partial charge is 0.414 e. The maximum Gasteiger partial charge on any atom is 0.293 e. The van der Waals surface area contributed by atoms with Crippen LogP contribution in [0.4, 0.5) is 17.2 Å². The van der Waals surface area contributed by atoms with E-state index in [0.717, 1.165) is 22.3 Å².